The fourth-order valence-electron chi connectivity index (χ4n) is 9.44. The number of ether oxygens (including phenoxy) is 3. The van der Waals surface area contributed by atoms with E-state index in [0.717, 1.165) is 116 Å². The highest BCUT2D eigenvalue weighted by Crippen LogP contribution is 2.17. The number of carbonyl (C=O) groups excluding carboxylic acids is 3. The van der Waals surface area contributed by atoms with Crippen LogP contribution >= 0.6 is 0 Å². The van der Waals surface area contributed by atoms with E-state index in [2.05, 4.69) is 106 Å². The lowest BCUT2D eigenvalue weighted by Crippen LogP contribution is -2.30. The lowest BCUT2D eigenvalue weighted by atomic mass is 10.0. The minimum absolute atomic E-state index is 0.0817. The van der Waals surface area contributed by atoms with Crippen LogP contribution in [0.3, 0.4) is 0 Å². The maximum atomic E-state index is 12.9. The van der Waals surface area contributed by atoms with Crippen molar-refractivity contribution < 1.29 is 28.6 Å². The summed E-state index contributed by atoms with van der Waals surface area (Å²) in [6.45, 7) is 6.54. The van der Waals surface area contributed by atoms with Crippen LogP contribution in [-0.2, 0) is 28.6 Å². The van der Waals surface area contributed by atoms with Gasteiger partial charge in [-0.3, -0.25) is 14.4 Å². The molecule has 6 nitrogen and oxygen atoms in total. The van der Waals surface area contributed by atoms with Gasteiger partial charge in [-0.25, -0.2) is 0 Å². The molecule has 0 N–H and O–H groups in total. The molecule has 0 aliphatic rings. The van der Waals surface area contributed by atoms with Gasteiger partial charge < -0.3 is 14.2 Å². The molecule has 0 aliphatic carbocycles. The molecule has 0 aromatic rings. The third kappa shape index (κ3) is 63.3. The molecule has 0 amide bonds. The van der Waals surface area contributed by atoms with Crippen LogP contribution in [0.1, 0.15) is 329 Å². The molecular formula is C71H124O6. The monoisotopic (exact) mass is 1070 g/mol. The first kappa shape index (κ1) is 73.6. The van der Waals surface area contributed by atoms with Crippen LogP contribution in [-0.4, -0.2) is 37.2 Å². The summed E-state index contributed by atoms with van der Waals surface area (Å²) in [5.41, 5.74) is 0. The van der Waals surface area contributed by atoms with Crippen molar-refractivity contribution in [1.29, 1.82) is 0 Å². The van der Waals surface area contributed by atoms with Gasteiger partial charge in [0.05, 0.1) is 0 Å². The quantitative estimate of drug-likeness (QED) is 0.0261. The van der Waals surface area contributed by atoms with E-state index in [0.29, 0.717) is 19.3 Å². The summed E-state index contributed by atoms with van der Waals surface area (Å²) < 4.78 is 17.0. The summed E-state index contributed by atoms with van der Waals surface area (Å²) in [6, 6.07) is 0. The largest absolute Gasteiger partial charge is 0.462 e. The number of unbranched alkanes of at least 4 members (excludes halogenated alkanes) is 35. The molecule has 0 radical (unpaired) electrons. The van der Waals surface area contributed by atoms with Gasteiger partial charge in [0.1, 0.15) is 13.2 Å². The average molecular weight is 1070 g/mol. The van der Waals surface area contributed by atoms with Crippen molar-refractivity contribution in [2.24, 2.45) is 0 Å². The van der Waals surface area contributed by atoms with Crippen molar-refractivity contribution in [3.63, 3.8) is 0 Å². The second-order valence-corrected chi connectivity index (χ2v) is 22.0. The minimum Gasteiger partial charge on any atom is -0.462 e. The van der Waals surface area contributed by atoms with E-state index in [-0.39, 0.29) is 31.1 Å². The SMILES string of the molecule is CC/C=C\C/C=C\C/C=C\C/C=C\CCCCCCCCCCC(=O)OCC(COC(=O)CCCCCCCCCCCCCCCCCCC)OC(=O)CCCCCCCC/C=C\C/C=C\C/C=C\CCCCCCC. The van der Waals surface area contributed by atoms with Gasteiger partial charge in [0.25, 0.3) is 0 Å². The lowest BCUT2D eigenvalue weighted by Gasteiger charge is -2.18. The lowest BCUT2D eigenvalue weighted by molar-refractivity contribution is -0.167. The first-order valence-corrected chi connectivity index (χ1v) is 33.1. The minimum atomic E-state index is -0.788. The van der Waals surface area contributed by atoms with E-state index in [4.69, 9.17) is 14.2 Å². The van der Waals surface area contributed by atoms with Gasteiger partial charge in [-0.15, -0.1) is 0 Å². The standard InChI is InChI=1S/C71H124O6/c1-4-7-10-13-16-19-22-25-28-31-33-35-37-40-43-46-49-52-55-58-61-64-70(73)76-67-68(66-75-69(72)63-60-57-54-51-48-45-42-39-30-27-24-21-18-15-12-9-6-3)77-71(74)65-62-59-56-53-50-47-44-41-38-36-34-32-29-26-23-20-17-14-11-8-5-2/h7,10,16,19,23,25-26,28,32-35,38,41,68H,4-6,8-9,11-15,17-18,20-22,24,27,29-31,36-37,39-40,42-67H2,1-3H3/b10-7-,19-16-,26-23-,28-25-,34-32-,35-33-,41-38-. The second-order valence-electron chi connectivity index (χ2n) is 22.0. The Morgan fingerprint density at radius 3 is 0.792 bits per heavy atom. The smallest absolute Gasteiger partial charge is 0.306 e. The molecule has 1 unspecified atom stereocenters. The van der Waals surface area contributed by atoms with Gasteiger partial charge in [0.2, 0.25) is 0 Å². The van der Waals surface area contributed by atoms with Crippen molar-refractivity contribution in [1.82, 2.24) is 0 Å². The molecule has 0 rings (SSSR count). The van der Waals surface area contributed by atoms with Gasteiger partial charge >= 0.3 is 17.9 Å². The Morgan fingerprint density at radius 1 is 0.273 bits per heavy atom. The highest BCUT2D eigenvalue weighted by molar-refractivity contribution is 5.71. The van der Waals surface area contributed by atoms with Crippen LogP contribution in [0.4, 0.5) is 0 Å². The predicted octanol–water partition coefficient (Wildman–Crippen LogP) is 22.7. The molecule has 1 atom stereocenters. The van der Waals surface area contributed by atoms with Crippen LogP contribution < -0.4 is 0 Å². The van der Waals surface area contributed by atoms with E-state index in [9.17, 15) is 14.4 Å². The molecule has 0 aromatic heterocycles. The van der Waals surface area contributed by atoms with Crippen molar-refractivity contribution in [3.05, 3.63) is 85.1 Å². The molecule has 0 aromatic carbocycles. The predicted molar refractivity (Wildman–Crippen MR) is 334 cm³/mol. The molecule has 0 saturated carbocycles. The van der Waals surface area contributed by atoms with Gasteiger partial charge in [0, 0.05) is 19.3 Å². The summed E-state index contributed by atoms with van der Waals surface area (Å²) >= 11 is 0. The van der Waals surface area contributed by atoms with Crippen LogP contribution in [0.5, 0.6) is 0 Å². The van der Waals surface area contributed by atoms with E-state index >= 15 is 0 Å². The zero-order chi connectivity index (χ0) is 55.7. The van der Waals surface area contributed by atoms with Crippen molar-refractivity contribution >= 4 is 17.9 Å². The molecule has 6 heteroatoms. The summed E-state index contributed by atoms with van der Waals surface area (Å²) in [5, 5.41) is 0. The van der Waals surface area contributed by atoms with Crippen LogP contribution in [0.2, 0.25) is 0 Å². The summed E-state index contributed by atoms with van der Waals surface area (Å²) in [7, 11) is 0. The van der Waals surface area contributed by atoms with Crippen LogP contribution in [0.15, 0.2) is 85.1 Å². The first-order valence-electron chi connectivity index (χ1n) is 33.1. The zero-order valence-electron chi connectivity index (χ0n) is 51.0. The fourth-order valence-corrected chi connectivity index (χ4v) is 9.44. The van der Waals surface area contributed by atoms with E-state index in [1.54, 1.807) is 0 Å². The Morgan fingerprint density at radius 2 is 0.506 bits per heavy atom. The van der Waals surface area contributed by atoms with Gasteiger partial charge in [-0.05, 0) is 96.3 Å². The number of carbonyl (C=O) groups is 3. The maximum Gasteiger partial charge on any atom is 0.306 e. The maximum absolute atomic E-state index is 12.9. The zero-order valence-corrected chi connectivity index (χ0v) is 51.0. The summed E-state index contributed by atoms with van der Waals surface area (Å²) in [6.07, 6.45) is 85.8. The third-order valence-electron chi connectivity index (χ3n) is 14.4. The first-order chi connectivity index (χ1) is 38.0. The van der Waals surface area contributed by atoms with Crippen molar-refractivity contribution in [3.8, 4) is 0 Å². The molecule has 0 saturated heterocycles. The number of allylic oxidation sites excluding steroid dienone is 14. The Bertz CT molecular complexity index is 1470. The number of hydrogen-bond donors (Lipinski definition) is 0. The molecule has 0 fully saturated rings. The Hall–Kier alpha value is -3.41. The molecule has 0 aliphatic heterocycles. The van der Waals surface area contributed by atoms with Crippen molar-refractivity contribution in [2.45, 2.75) is 335 Å². The van der Waals surface area contributed by atoms with E-state index in [1.165, 1.54) is 173 Å². The molecule has 0 heterocycles. The fraction of sp³-hybridized carbons (Fsp3) is 0.761. The number of esters is 3. The van der Waals surface area contributed by atoms with Gasteiger partial charge in [-0.2, -0.15) is 0 Å². The highest BCUT2D eigenvalue weighted by atomic mass is 16.6. The van der Waals surface area contributed by atoms with Crippen LogP contribution in [0.25, 0.3) is 0 Å². The van der Waals surface area contributed by atoms with Gasteiger partial charge in [0.15, 0.2) is 6.10 Å². The Labute approximate surface area is 477 Å². The van der Waals surface area contributed by atoms with E-state index in [1.807, 2.05) is 0 Å². The molecule has 0 bridgehead atoms. The molecular weight excluding hydrogens is 949 g/mol. The molecule has 0 spiro atoms. The average Bonchev–Trinajstić information content (AvgIpc) is 3.43. The van der Waals surface area contributed by atoms with Crippen LogP contribution in [0, 0.1) is 0 Å². The van der Waals surface area contributed by atoms with Gasteiger partial charge in [-0.1, -0.05) is 298 Å². The summed E-state index contributed by atoms with van der Waals surface area (Å²) in [4.78, 5) is 38.4. The second kappa shape index (κ2) is 65.1. The number of rotatable bonds is 60. The van der Waals surface area contributed by atoms with Crippen molar-refractivity contribution in [2.75, 3.05) is 13.2 Å². The third-order valence-corrected chi connectivity index (χ3v) is 14.4. The number of hydrogen-bond acceptors (Lipinski definition) is 6. The Kier molecular flexibility index (Phi) is 62.2. The topological polar surface area (TPSA) is 78.9 Å². The Balaban J connectivity index is 4.41. The summed E-state index contributed by atoms with van der Waals surface area (Å²) in [5.74, 6) is -0.886. The van der Waals surface area contributed by atoms with E-state index < -0.39 is 6.10 Å². The normalized spacial score (nSPS) is 12.6. The molecule has 444 valence electrons. The highest BCUT2D eigenvalue weighted by Gasteiger charge is 2.19. The molecule has 77 heavy (non-hydrogen) atoms.